The lowest BCUT2D eigenvalue weighted by Gasteiger charge is -2.16. The molecule has 1 unspecified atom stereocenters. The van der Waals surface area contributed by atoms with Gasteiger partial charge in [-0.15, -0.1) is 0 Å². The zero-order chi connectivity index (χ0) is 17.7. The topological polar surface area (TPSA) is 75.6 Å². The number of carbonyl (C=O) groups is 2. The maximum Gasteiger partial charge on any atom is 0.335 e. The summed E-state index contributed by atoms with van der Waals surface area (Å²) in [6, 6.07) is 12.2. The highest BCUT2D eigenvalue weighted by atomic mass is 16.5. The molecule has 2 rings (SSSR count). The van der Waals surface area contributed by atoms with Crippen molar-refractivity contribution in [1.82, 2.24) is 5.32 Å². The quantitative estimate of drug-likeness (QED) is 0.855. The first-order valence-corrected chi connectivity index (χ1v) is 7.70. The number of carboxylic acids is 1. The Labute approximate surface area is 141 Å². The van der Waals surface area contributed by atoms with Gasteiger partial charge in [0.2, 0.25) is 0 Å². The number of amides is 1. The van der Waals surface area contributed by atoms with E-state index in [4.69, 9.17) is 9.84 Å². The van der Waals surface area contributed by atoms with Crippen molar-refractivity contribution in [2.24, 2.45) is 0 Å². The number of hydrogen-bond donors (Lipinski definition) is 2. The maximum absolute atomic E-state index is 12.2. The lowest BCUT2D eigenvalue weighted by Crippen LogP contribution is -2.36. The molecule has 2 aromatic carbocycles. The van der Waals surface area contributed by atoms with Crippen LogP contribution in [0.2, 0.25) is 0 Å². The van der Waals surface area contributed by atoms with Crippen molar-refractivity contribution in [3.63, 3.8) is 0 Å². The molecule has 0 spiro atoms. The van der Waals surface area contributed by atoms with Crippen molar-refractivity contribution in [3.05, 3.63) is 64.7 Å². The number of carboxylic acid groups (broad SMARTS) is 1. The van der Waals surface area contributed by atoms with E-state index in [2.05, 4.69) is 5.32 Å². The van der Waals surface area contributed by atoms with E-state index in [0.717, 1.165) is 16.7 Å². The molecule has 0 radical (unpaired) electrons. The summed E-state index contributed by atoms with van der Waals surface area (Å²) in [6.07, 6.45) is -0.621. The molecule has 0 aliphatic carbocycles. The molecule has 0 saturated carbocycles. The predicted molar refractivity (Wildman–Crippen MR) is 91.3 cm³/mol. The van der Waals surface area contributed by atoms with E-state index in [9.17, 15) is 9.59 Å². The number of hydrogen-bond acceptors (Lipinski definition) is 3. The third-order valence-corrected chi connectivity index (χ3v) is 3.68. The van der Waals surface area contributed by atoms with Gasteiger partial charge in [-0.25, -0.2) is 4.79 Å². The highest BCUT2D eigenvalue weighted by Crippen LogP contribution is 2.20. The van der Waals surface area contributed by atoms with E-state index in [1.165, 1.54) is 12.1 Å². The van der Waals surface area contributed by atoms with Crippen LogP contribution >= 0.6 is 0 Å². The number of nitrogens with one attached hydrogen (secondary N) is 1. The van der Waals surface area contributed by atoms with E-state index >= 15 is 0 Å². The highest BCUT2D eigenvalue weighted by molar-refractivity contribution is 5.87. The molecule has 0 heterocycles. The summed E-state index contributed by atoms with van der Waals surface area (Å²) in [6.45, 7) is 5.92. The molecule has 2 aromatic rings. The van der Waals surface area contributed by atoms with Crippen LogP contribution in [0.4, 0.5) is 0 Å². The maximum atomic E-state index is 12.2. The summed E-state index contributed by atoms with van der Waals surface area (Å²) >= 11 is 0. The molecular formula is C19H21NO4. The normalized spacial score (nSPS) is 11.6. The molecule has 0 bridgehead atoms. The minimum Gasteiger partial charge on any atom is -0.481 e. The zero-order valence-corrected chi connectivity index (χ0v) is 14.0. The van der Waals surface area contributed by atoms with Crippen LogP contribution < -0.4 is 10.1 Å². The predicted octanol–water partition coefficient (Wildman–Crippen LogP) is 3.09. The summed E-state index contributed by atoms with van der Waals surface area (Å²) in [5, 5.41) is 11.7. The third-order valence-electron chi connectivity index (χ3n) is 3.68. The van der Waals surface area contributed by atoms with Crippen LogP contribution in [0.1, 0.15) is 34.0 Å². The molecule has 1 amide bonds. The van der Waals surface area contributed by atoms with Gasteiger partial charge < -0.3 is 15.2 Å². The molecule has 1 atom stereocenters. The summed E-state index contributed by atoms with van der Waals surface area (Å²) in [7, 11) is 0. The van der Waals surface area contributed by atoms with Gasteiger partial charge in [0.25, 0.3) is 5.91 Å². The first-order chi connectivity index (χ1) is 11.4. The summed E-state index contributed by atoms with van der Waals surface area (Å²) in [5.74, 6) is -0.497. The Kier molecular flexibility index (Phi) is 5.58. The van der Waals surface area contributed by atoms with Crippen LogP contribution in [0.15, 0.2) is 42.5 Å². The van der Waals surface area contributed by atoms with E-state index in [-0.39, 0.29) is 11.5 Å². The second kappa shape index (κ2) is 7.64. The minimum atomic E-state index is -0.971. The number of rotatable bonds is 6. The molecule has 0 aliphatic rings. The number of ether oxygens (including phenoxy) is 1. The summed E-state index contributed by atoms with van der Waals surface area (Å²) < 4.78 is 5.74. The lowest BCUT2D eigenvalue weighted by atomic mass is 10.1. The van der Waals surface area contributed by atoms with Crippen LogP contribution in [0.5, 0.6) is 5.75 Å². The average Bonchev–Trinajstić information content (AvgIpc) is 2.56. The first-order valence-electron chi connectivity index (χ1n) is 7.70. The fraction of sp³-hybridized carbons (Fsp3) is 0.263. The smallest absolute Gasteiger partial charge is 0.335 e. The van der Waals surface area contributed by atoms with Crippen LogP contribution in [-0.2, 0) is 11.3 Å². The molecule has 24 heavy (non-hydrogen) atoms. The van der Waals surface area contributed by atoms with Crippen molar-refractivity contribution in [3.8, 4) is 5.75 Å². The Morgan fingerprint density at radius 3 is 2.42 bits per heavy atom. The molecule has 0 fully saturated rings. The van der Waals surface area contributed by atoms with Gasteiger partial charge in [-0.05, 0) is 55.7 Å². The van der Waals surface area contributed by atoms with Crippen LogP contribution in [0, 0.1) is 13.8 Å². The van der Waals surface area contributed by atoms with Crippen molar-refractivity contribution < 1.29 is 19.4 Å². The molecule has 5 heteroatoms. The van der Waals surface area contributed by atoms with Crippen molar-refractivity contribution in [2.75, 3.05) is 0 Å². The summed E-state index contributed by atoms with van der Waals surface area (Å²) in [4.78, 5) is 23.0. The van der Waals surface area contributed by atoms with E-state index in [1.54, 1.807) is 19.1 Å². The van der Waals surface area contributed by atoms with E-state index in [0.29, 0.717) is 12.3 Å². The second-order valence-corrected chi connectivity index (χ2v) is 5.75. The van der Waals surface area contributed by atoms with Gasteiger partial charge in [0.05, 0.1) is 5.56 Å². The Morgan fingerprint density at radius 2 is 1.79 bits per heavy atom. The standard InChI is InChI=1S/C19H21NO4/c1-12-4-5-13(2)17(10-12)24-14(3)18(21)20-11-15-6-8-16(9-7-15)19(22)23/h4-10,14H,11H2,1-3H3,(H,20,21)(H,22,23). The molecule has 126 valence electrons. The monoisotopic (exact) mass is 327 g/mol. The van der Waals surface area contributed by atoms with Gasteiger partial charge in [0.1, 0.15) is 5.75 Å². The van der Waals surface area contributed by atoms with Crippen molar-refractivity contribution in [2.45, 2.75) is 33.4 Å². The molecule has 0 aliphatic heterocycles. The van der Waals surface area contributed by atoms with Crippen LogP contribution in [0.3, 0.4) is 0 Å². The fourth-order valence-corrected chi connectivity index (χ4v) is 2.18. The van der Waals surface area contributed by atoms with Crippen LogP contribution in [0.25, 0.3) is 0 Å². The molecule has 0 saturated heterocycles. The molecule has 0 aromatic heterocycles. The SMILES string of the molecule is Cc1ccc(C)c(OC(C)C(=O)NCc2ccc(C(=O)O)cc2)c1. The van der Waals surface area contributed by atoms with E-state index < -0.39 is 12.1 Å². The molecule has 2 N–H and O–H groups in total. The van der Waals surface area contributed by atoms with Crippen molar-refractivity contribution in [1.29, 1.82) is 0 Å². The number of aryl methyl sites for hydroxylation is 2. The Balaban J connectivity index is 1.91. The largest absolute Gasteiger partial charge is 0.481 e. The van der Waals surface area contributed by atoms with Gasteiger partial charge in [0, 0.05) is 6.54 Å². The molecular weight excluding hydrogens is 306 g/mol. The highest BCUT2D eigenvalue weighted by Gasteiger charge is 2.15. The Hall–Kier alpha value is -2.82. The average molecular weight is 327 g/mol. The number of benzene rings is 2. The Bertz CT molecular complexity index is 738. The van der Waals surface area contributed by atoms with Gasteiger partial charge in [-0.2, -0.15) is 0 Å². The zero-order valence-electron chi connectivity index (χ0n) is 14.0. The van der Waals surface area contributed by atoms with E-state index in [1.807, 2.05) is 32.0 Å². The van der Waals surface area contributed by atoms with Crippen molar-refractivity contribution >= 4 is 11.9 Å². The first kappa shape index (κ1) is 17.5. The number of aromatic carboxylic acids is 1. The lowest BCUT2D eigenvalue weighted by molar-refractivity contribution is -0.127. The second-order valence-electron chi connectivity index (χ2n) is 5.75. The van der Waals surface area contributed by atoms with Gasteiger partial charge in [0.15, 0.2) is 6.10 Å². The van der Waals surface area contributed by atoms with Gasteiger partial charge in [-0.1, -0.05) is 24.3 Å². The fourth-order valence-electron chi connectivity index (χ4n) is 2.18. The molecule has 5 nitrogen and oxygen atoms in total. The van der Waals surface area contributed by atoms with Gasteiger partial charge >= 0.3 is 5.97 Å². The third kappa shape index (κ3) is 4.59. The van der Waals surface area contributed by atoms with Gasteiger partial charge in [-0.3, -0.25) is 4.79 Å². The van der Waals surface area contributed by atoms with Crippen LogP contribution in [-0.4, -0.2) is 23.1 Å². The number of carbonyl (C=O) groups excluding carboxylic acids is 1. The summed E-state index contributed by atoms with van der Waals surface area (Å²) in [5.41, 5.74) is 3.09. The Morgan fingerprint density at radius 1 is 1.12 bits per heavy atom. The minimum absolute atomic E-state index is 0.219.